The molecule has 13 nitrogen and oxygen atoms in total. The molecule has 0 saturated carbocycles. The number of methoxy groups -OCH3 is 1. The number of amides is 3. The number of primary amides is 1. The minimum Gasteiger partial charge on any atom is -0.497 e. The largest absolute Gasteiger partial charge is 0.528 e. The van der Waals surface area contributed by atoms with Gasteiger partial charge in [0.15, 0.2) is 6.04 Å². The summed E-state index contributed by atoms with van der Waals surface area (Å²) in [6.45, 7) is 3.32. The molecule has 0 spiro atoms. The van der Waals surface area contributed by atoms with E-state index in [0.717, 1.165) is 11.3 Å². The first-order chi connectivity index (χ1) is 20.2. The molecular formula is C28H36N5O8S+. The van der Waals surface area contributed by atoms with E-state index >= 15 is 0 Å². The van der Waals surface area contributed by atoms with Crippen LogP contribution in [0.25, 0.3) is 0 Å². The van der Waals surface area contributed by atoms with Crippen LogP contribution >= 0.6 is 11.9 Å². The van der Waals surface area contributed by atoms with Gasteiger partial charge >= 0.3 is 12.2 Å². The molecule has 14 heteroatoms. The van der Waals surface area contributed by atoms with Gasteiger partial charge in [0.25, 0.3) is 11.6 Å². The highest BCUT2D eigenvalue weighted by Gasteiger charge is 2.56. The highest BCUT2D eigenvalue weighted by molar-refractivity contribution is 7.93. The Morgan fingerprint density at radius 1 is 1.02 bits per heavy atom. The summed E-state index contributed by atoms with van der Waals surface area (Å²) < 4.78 is 15.7. The molecule has 2 N–H and O–H groups in total. The molecule has 3 amide bonds. The SMILES string of the molecule is COc1ccc(CS[N+]2(C(=O)OCc3ccc([N+](=O)[O-])cc3)CCCC2C(=O)N2CCN(CCOC(N)=O)CC2)cc1. The second kappa shape index (κ2) is 14.3. The van der Waals surface area contributed by atoms with Gasteiger partial charge in [-0.15, -0.1) is 0 Å². The number of hydrogen-bond acceptors (Lipinski definition) is 10. The number of rotatable bonds is 11. The molecule has 2 saturated heterocycles. The molecule has 2 aliphatic heterocycles. The van der Waals surface area contributed by atoms with E-state index in [1.54, 1.807) is 24.1 Å². The number of carbonyl (C=O) groups excluding carboxylic acids is 3. The monoisotopic (exact) mass is 602 g/mol. The fraction of sp³-hybridized carbons (Fsp3) is 0.464. The number of likely N-dealkylation sites (tertiary alicyclic amines) is 1. The predicted molar refractivity (Wildman–Crippen MR) is 154 cm³/mol. The Hall–Kier alpha value is -3.88. The van der Waals surface area contributed by atoms with Gasteiger partial charge in [-0.2, -0.15) is 8.68 Å². The normalized spacial score (nSPS) is 20.6. The molecular weight excluding hydrogens is 566 g/mol. The number of nitro benzene ring substituents is 1. The van der Waals surface area contributed by atoms with E-state index in [2.05, 4.69) is 4.90 Å². The van der Waals surface area contributed by atoms with Gasteiger partial charge in [-0.25, -0.2) is 4.79 Å². The maximum Gasteiger partial charge on any atom is 0.528 e. The molecule has 42 heavy (non-hydrogen) atoms. The molecule has 2 heterocycles. The summed E-state index contributed by atoms with van der Waals surface area (Å²) in [5.41, 5.74) is 6.58. The lowest BCUT2D eigenvalue weighted by molar-refractivity contribution is -0.724. The van der Waals surface area contributed by atoms with Crippen molar-refractivity contribution < 1.29 is 37.4 Å². The van der Waals surface area contributed by atoms with Gasteiger partial charge in [0.1, 0.15) is 25.5 Å². The topological polar surface area (TPSA) is 155 Å². The van der Waals surface area contributed by atoms with E-state index in [4.69, 9.17) is 19.9 Å². The summed E-state index contributed by atoms with van der Waals surface area (Å²) in [4.78, 5) is 53.0. The number of nitro groups is 1. The second-order valence-corrected chi connectivity index (χ2v) is 11.3. The lowest BCUT2D eigenvalue weighted by Gasteiger charge is -2.38. The third kappa shape index (κ3) is 7.69. The third-order valence-corrected chi connectivity index (χ3v) is 9.04. The molecule has 226 valence electrons. The lowest BCUT2D eigenvalue weighted by Crippen LogP contribution is -2.60. The molecule has 0 bridgehead atoms. The van der Waals surface area contributed by atoms with E-state index < -0.39 is 23.2 Å². The average Bonchev–Trinajstić information content (AvgIpc) is 3.44. The van der Waals surface area contributed by atoms with Gasteiger partial charge in [0.05, 0.1) is 29.7 Å². The highest BCUT2D eigenvalue weighted by atomic mass is 32.2. The number of nitrogens with two attached hydrogens (primary N) is 1. The number of hydrogen-bond donors (Lipinski definition) is 1. The molecule has 2 aromatic carbocycles. The maximum absolute atomic E-state index is 13.9. The number of quaternary nitrogens is 1. The van der Waals surface area contributed by atoms with Crippen molar-refractivity contribution in [1.29, 1.82) is 0 Å². The predicted octanol–water partition coefficient (Wildman–Crippen LogP) is 3.31. The number of carbonyl (C=O) groups is 3. The molecule has 2 aromatic rings. The molecule has 2 aliphatic rings. The molecule has 0 aliphatic carbocycles. The van der Waals surface area contributed by atoms with E-state index in [-0.39, 0.29) is 28.7 Å². The van der Waals surface area contributed by atoms with Gasteiger partial charge in [0.2, 0.25) is 0 Å². The Kier molecular flexibility index (Phi) is 10.6. The van der Waals surface area contributed by atoms with Crippen LogP contribution in [0.3, 0.4) is 0 Å². The molecule has 0 aromatic heterocycles. The summed E-state index contributed by atoms with van der Waals surface area (Å²) >= 11 is 1.38. The van der Waals surface area contributed by atoms with Crippen LogP contribution < -0.4 is 10.5 Å². The van der Waals surface area contributed by atoms with Gasteiger partial charge in [-0.1, -0.05) is 12.1 Å². The van der Waals surface area contributed by atoms with E-state index in [9.17, 15) is 24.5 Å². The van der Waals surface area contributed by atoms with E-state index in [1.807, 2.05) is 24.3 Å². The first kappa shape index (κ1) is 31.1. The minimum atomic E-state index is -0.813. The van der Waals surface area contributed by atoms with Gasteiger partial charge < -0.3 is 24.8 Å². The van der Waals surface area contributed by atoms with Crippen molar-refractivity contribution in [3.05, 3.63) is 69.8 Å². The van der Waals surface area contributed by atoms with Gasteiger partial charge in [-0.05, 0) is 35.4 Å². The Morgan fingerprint density at radius 2 is 1.69 bits per heavy atom. The molecule has 4 rings (SSSR count). The van der Waals surface area contributed by atoms with E-state index in [0.29, 0.717) is 63.4 Å². The summed E-state index contributed by atoms with van der Waals surface area (Å²) in [5.74, 6) is 1.12. The zero-order valence-electron chi connectivity index (χ0n) is 23.5. The second-order valence-electron chi connectivity index (χ2n) is 10.1. The lowest BCUT2D eigenvalue weighted by atomic mass is 10.1. The van der Waals surface area contributed by atoms with Crippen molar-refractivity contribution in [2.24, 2.45) is 5.73 Å². The van der Waals surface area contributed by atoms with Gasteiger partial charge in [0, 0.05) is 57.7 Å². The summed E-state index contributed by atoms with van der Waals surface area (Å²) in [6.07, 6.45) is -0.0895. The first-order valence-corrected chi connectivity index (χ1v) is 14.7. The molecule has 2 unspecified atom stereocenters. The van der Waals surface area contributed by atoms with Gasteiger partial charge in [-0.3, -0.25) is 19.8 Å². The van der Waals surface area contributed by atoms with Crippen molar-refractivity contribution in [1.82, 2.24) is 9.80 Å². The van der Waals surface area contributed by atoms with Crippen molar-refractivity contribution >= 4 is 35.7 Å². The van der Waals surface area contributed by atoms with Crippen LogP contribution in [0.5, 0.6) is 5.75 Å². The van der Waals surface area contributed by atoms with Crippen LogP contribution in [0.2, 0.25) is 0 Å². The molecule has 0 radical (unpaired) electrons. The van der Waals surface area contributed by atoms with Crippen LogP contribution in [0, 0.1) is 10.1 Å². The average molecular weight is 603 g/mol. The zero-order chi connectivity index (χ0) is 30.1. The fourth-order valence-corrected chi connectivity index (χ4v) is 6.53. The number of non-ortho nitro benzene ring substituents is 1. The highest BCUT2D eigenvalue weighted by Crippen LogP contribution is 2.40. The van der Waals surface area contributed by atoms with Crippen LogP contribution in [-0.2, 0) is 26.6 Å². The van der Waals surface area contributed by atoms with E-state index in [1.165, 1.54) is 24.1 Å². The first-order valence-electron chi connectivity index (χ1n) is 13.7. The van der Waals surface area contributed by atoms with Crippen LogP contribution in [0.1, 0.15) is 24.0 Å². The summed E-state index contributed by atoms with van der Waals surface area (Å²) in [7, 11) is 1.60. The van der Waals surface area contributed by atoms with Crippen molar-refractivity contribution in [3.63, 3.8) is 0 Å². The Balaban J connectivity index is 1.47. The van der Waals surface area contributed by atoms with Crippen LogP contribution in [0.15, 0.2) is 48.5 Å². The molecule has 2 atom stereocenters. The fourth-order valence-electron chi connectivity index (χ4n) is 5.17. The van der Waals surface area contributed by atoms with Crippen molar-refractivity contribution in [3.8, 4) is 5.75 Å². The summed E-state index contributed by atoms with van der Waals surface area (Å²) in [6, 6.07) is 12.8. The van der Waals surface area contributed by atoms with Crippen molar-refractivity contribution in [2.75, 3.05) is 53.0 Å². The number of piperazine rings is 1. The standard InChI is InChI=1S/C28H35N5O8S/c1-39-24-10-6-22(7-11-24)20-42-33(28(36)41-19-21-4-8-23(9-5-21)32(37)38)17-2-3-25(33)26(34)31-14-12-30(13-15-31)16-18-40-27(29)35/h4-11,25H,2-3,12-20H2,1H3,(H-,29,35)/p+1. The Morgan fingerprint density at radius 3 is 2.31 bits per heavy atom. The number of nitrogens with zero attached hydrogens (tertiary/aromatic N) is 4. The van der Waals surface area contributed by atoms with Crippen molar-refractivity contribution in [2.45, 2.75) is 31.2 Å². The van der Waals surface area contributed by atoms with Crippen LogP contribution in [0.4, 0.5) is 15.3 Å². The Labute approximate surface area is 248 Å². The zero-order valence-corrected chi connectivity index (χ0v) is 24.3. The number of benzene rings is 2. The van der Waals surface area contributed by atoms with Crippen LogP contribution in [-0.4, -0.2) is 95.7 Å². The number of ether oxygens (including phenoxy) is 3. The smallest absolute Gasteiger partial charge is 0.497 e. The maximum atomic E-state index is 13.9. The Bertz CT molecular complexity index is 1250. The quantitative estimate of drug-likeness (QED) is 0.175. The minimum absolute atomic E-state index is 0.0469. The third-order valence-electron chi connectivity index (χ3n) is 7.53. The summed E-state index contributed by atoms with van der Waals surface area (Å²) in [5, 5.41) is 11.0. The molecule has 2 fully saturated rings.